The second kappa shape index (κ2) is 4.64. The van der Waals surface area contributed by atoms with Gasteiger partial charge < -0.3 is 10.4 Å². The average molecular weight is 181 g/mol. The van der Waals surface area contributed by atoms with Crippen LogP contribution in [0.25, 0.3) is 0 Å². The van der Waals surface area contributed by atoms with Crippen LogP contribution in [0.15, 0.2) is 0 Å². The molecule has 0 aliphatic heterocycles. The normalized spacial score (nSPS) is 23.5. The summed E-state index contributed by atoms with van der Waals surface area (Å²) in [5.41, 5.74) is -0.497. The zero-order chi connectivity index (χ0) is 9.73. The Morgan fingerprint density at radius 1 is 1.46 bits per heavy atom. The molecule has 0 heterocycles. The van der Waals surface area contributed by atoms with Crippen LogP contribution in [-0.2, 0) is 0 Å². The van der Waals surface area contributed by atoms with Crippen molar-refractivity contribution in [3.05, 3.63) is 0 Å². The molecule has 1 aliphatic carbocycles. The van der Waals surface area contributed by atoms with E-state index in [1.807, 2.05) is 6.92 Å². The van der Waals surface area contributed by atoms with E-state index in [-0.39, 0.29) is 6.04 Å². The van der Waals surface area contributed by atoms with Crippen LogP contribution in [0, 0.1) is 12.3 Å². The third-order valence-corrected chi connectivity index (χ3v) is 2.77. The predicted molar refractivity (Wildman–Crippen MR) is 54.3 cm³/mol. The summed E-state index contributed by atoms with van der Waals surface area (Å²) in [7, 11) is 0. The summed E-state index contributed by atoms with van der Waals surface area (Å²) in [6.07, 6.45) is 10.6. The predicted octanol–water partition coefficient (Wildman–Crippen LogP) is 1.29. The molecule has 0 aromatic carbocycles. The molecule has 1 fully saturated rings. The molecule has 0 radical (unpaired) electrons. The van der Waals surface area contributed by atoms with E-state index in [1.54, 1.807) is 0 Å². The molecule has 0 aromatic rings. The van der Waals surface area contributed by atoms with Gasteiger partial charge in [-0.3, -0.25) is 0 Å². The first-order valence-electron chi connectivity index (χ1n) is 5.08. The smallest absolute Gasteiger partial charge is 0.0772 e. The summed E-state index contributed by atoms with van der Waals surface area (Å²) < 4.78 is 0. The summed E-state index contributed by atoms with van der Waals surface area (Å²) in [5.74, 6) is 2.60. The van der Waals surface area contributed by atoms with Crippen molar-refractivity contribution < 1.29 is 5.11 Å². The zero-order valence-electron chi connectivity index (χ0n) is 8.34. The first-order valence-corrected chi connectivity index (χ1v) is 5.08. The molecule has 2 nitrogen and oxygen atoms in total. The van der Waals surface area contributed by atoms with Crippen molar-refractivity contribution in [2.24, 2.45) is 0 Å². The van der Waals surface area contributed by atoms with Gasteiger partial charge in [0, 0.05) is 6.54 Å². The fraction of sp³-hybridized carbons (Fsp3) is 0.818. The van der Waals surface area contributed by atoms with Gasteiger partial charge >= 0.3 is 0 Å². The van der Waals surface area contributed by atoms with E-state index < -0.39 is 5.60 Å². The van der Waals surface area contributed by atoms with E-state index >= 15 is 0 Å². The number of terminal acetylenes is 1. The molecule has 0 bridgehead atoms. The van der Waals surface area contributed by atoms with Gasteiger partial charge in [-0.2, -0.15) is 0 Å². The topological polar surface area (TPSA) is 32.3 Å². The molecular weight excluding hydrogens is 162 g/mol. The first kappa shape index (κ1) is 10.6. The fourth-order valence-electron chi connectivity index (χ4n) is 1.79. The van der Waals surface area contributed by atoms with Crippen LogP contribution in [0.4, 0.5) is 0 Å². The molecule has 1 unspecified atom stereocenters. The van der Waals surface area contributed by atoms with E-state index in [2.05, 4.69) is 11.2 Å². The minimum absolute atomic E-state index is 0.0611. The van der Waals surface area contributed by atoms with Crippen molar-refractivity contribution in [1.29, 1.82) is 0 Å². The summed E-state index contributed by atoms with van der Waals surface area (Å²) in [6, 6.07) is 0.0611. The van der Waals surface area contributed by atoms with Crippen molar-refractivity contribution in [3.63, 3.8) is 0 Å². The number of hydrogen-bond acceptors (Lipinski definition) is 2. The molecule has 1 saturated carbocycles. The summed E-state index contributed by atoms with van der Waals surface area (Å²) in [4.78, 5) is 0. The molecule has 74 valence electrons. The lowest BCUT2D eigenvalue weighted by Crippen LogP contribution is -2.44. The highest BCUT2D eigenvalue weighted by Gasteiger charge is 2.28. The van der Waals surface area contributed by atoms with Gasteiger partial charge in [-0.15, -0.1) is 6.42 Å². The molecule has 0 amide bonds. The van der Waals surface area contributed by atoms with Crippen molar-refractivity contribution in [3.8, 4) is 12.3 Å². The second-order valence-electron chi connectivity index (χ2n) is 4.05. The Hall–Kier alpha value is -0.520. The molecule has 0 aromatic heterocycles. The molecule has 1 atom stereocenters. The lowest BCUT2D eigenvalue weighted by atomic mass is 9.85. The minimum atomic E-state index is -0.497. The van der Waals surface area contributed by atoms with Crippen LogP contribution in [0.2, 0.25) is 0 Å². The Labute approximate surface area is 80.7 Å². The average Bonchev–Trinajstić information content (AvgIpc) is 2.15. The van der Waals surface area contributed by atoms with Crippen molar-refractivity contribution in [2.75, 3.05) is 6.54 Å². The number of hydrogen-bond donors (Lipinski definition) is 2. The van der Waals surface area contributed by atoms with Crippen LogP contribution in [0.1, 0.15) is 39.0 Å². The Bertz CT molecular complexity index is 189. The van der Waals surface area contributed by atoms with Crippen LogP contribution < -0.4 is 5.32 Å². The van der Waals surface area contributed by atoms with Crippen LogP contribution in [0.5, 0.6) is 0 Å². The highest BCUT2D eigenvalue weighted by Crippen LogP contribution is 2.27. The highest BCUT2D eigenvalue weighted by atomic mass is 16.3. The number of nitrogens with one attached hydrogen (secondary N) is 1. The third kappa shape index (κ3) is 3.38. The van der Waals surface area contributed by atoms with Crippen LogP contribution in [0.3, 0.4) is 0 Å². The quantitative estimate of drug-likeness (QED) is 0.643. The SMILES string of the molecule is C#CC(C)NCC1(O)CCCCC1. The Morgan fingerprint density at radius 3 is 2.62 bits per heavy atom. The number of aliphatic hydroxyl groups is 1. The van der Waals surface area contributed by atoms with Crippen molar-refractivity contribution >= 4 is 0 Å². The minimum Gasteiger partial charge on any atom is -0.389 e. The van der Waals surface area contributed by atoms with Gasteiger partial charge in [-0.25, -0.2) is 0 Å². The molecule has 1 rings (SSSR count). The van der Waals surface area contributed by atoms with Crippen molar-refractivity contribution in [2.45, 2.75) is 50.7 Å². The van der Waals surface area contributed by atoms with E-state index in [1.165, 1.54) is 6.42 Å². The largest absolute Gasteiger partial charge is 0.389 e. The third-order valence-electron chi connectivity index (χ3n) is 2.77. The Kier molecular flexibility index (Phi) is 3.77. The molecule has 2 heteroatoms. The molecule has 2 N–H and O–H groups in total. The standard InChI is InChI=1S/C11H19NO/c1-3-10(2)12-9-11(13)7-5-4-6-8-11/h1,10,12-13H,4-9H2,2H3. The maximum atomic E-state index is 10.1. The van der Waals surface area contributed by atoms with E-state index in [0.717, 1.165) is 25.7 Å². The summed E-state index contributed by atoms with van der Waals surface area (Å²) >= 11 is 0. The van der Waals surface area contributed by atoms with E-state index in [4.69, 9.17) is 6.42 Å². The molecule has 0 saturated heterocycles. The first-order chi connectivity index (χ1) is 6.16. The Balaban J connectivity index is 2.29. The van der Waals surface area contributed by atoms with Crippen molar-refractivity contribution in [1.82, 2.24) is 5.32 Å². The lowest BCUT2D eigenvalue weighted by molar-refractivity contribution is 0.00420. The summed E-state index contributed by atoms with van der Waals surface area (Å²) in [6.45, 7) is 2.57. The maximum absolute atomic E-state index is 10.1. The van der Waals surface area contributed by atoms with Gasteiger partial charge in [0.25, 0.3) is 0 Å². The Morgan fingerprint density at radius 2 is 2.08 bits per heavy atom. The van der Waals surface area contributed by atoms with Crippen LogP contribution >= 0.6 is 0 Å². The monoisotopic (exact) mass is 181 g/mol. The van der Waals surface area contributed by atoms with E-state index in [0.29, 0.717) is 6.54 Å². The van der Waals surface area contributed by atoms with Gasteiger partial charge in [0.1, 0.15) is 0 Å². The number of rotatable bonds is 3. The highest BCUT2D eigenvalue weighted by molar-refractivity contribution is 4.97. The van der Waals surface area contributed by atoms with Crippen LogP contribution in [-0.4, -0.2) is 23.3 Å². The second-order valence-corrected chi connectivity index (χ2v) is 4.05. The molecule has 0 spiro atoms. The van der Waals surface area contributed by atoms with Gasteiger partial charge in [0.2, 0.25) is 0 Å². The molecule has 1 aliphatic rings. The van der Waals surface area contributed by atoms with Gasteiger partial charge in [-0.1, -0.05) is 25.2 Å². The maximum Gasteiger partial charge on any atom is 0.0772 e. The molecular formula is C11H19NO. The van der Waals surface area contributed by atoms with Gasteiger partial charge in [0.05, 0.1) is 11.6 Å². The summed E-state index contributed by atoms with van der Waals surface area (Å²) in [5, 5.41) is 13.2. The van der Waals surface area contributed by atoms with Gasteiger partial charge in [-0.05, 0) is 19.8 Å². The van der Waals surface area contributed by atoms with E-state index in [9.17, 15) is 5.11 Å². The van der Waals surface area contributed by atoms with Gasteiger partial charge in [0.15, 0.2) is 0 Å². The lowest BCUT2D eigenvalue weighted by Gasteiger charge is -2.32. The fourth-order valence-corrected chi connectivity index (χ4v) is 1.79. The molecule has 13 heavy (non-hydrogen) atoms. The zero-order valence-corrected chi connectivity index (χ0v) is 8.34.